The minimum atomic E-state index is 0.727. The molecule has 0 saturated heterocycles. The minimum absolute atomic E-state index is 0.727. The van der Waals surface area contributed by atoms with E-state index in [1.54, 1.807) is 0 Å². The van der Waals surface area contributed by atoms with Crippen molar-refractivity contribution in [2.75, 3.05) is 0 Å². The van der Waals surface area contributed by atoms with Gasteiger partial charge in [0, 0.05) is 0 Å². The van der Waals surface area contributed by atoms with Crippen LogP contribution in [0.3, 0.4) is 0 Å². The highest BCUT2D eigenvalue weighted by Crippen LogP contribution is 2.27. The first kappa shape index (κ1) is 16.0. The Bertz CT molecular complexity index is 312. The normalized spacial score (nSPS) is 12.3. The summed E-state index contributed by atoms with van der Waals surface area (Å²) in [6, 6.07) is 11.0. The zero-order chi connectivity index (χ0) is 13.8. The molecular formula is C19H30. The molecule has 0 aromatic heterocycles. The highest BCUT2D eigenvalue weighted by atomic mass is 14.1. The maximum Gasteiger partial charge on any atom is -0.0159 e. The second kappa shape index (κ2) is 10.8. The summed E-state index contributed by atoms with van der Waals surface area (Å²) in [4.78, 5) is 0. The zero-order valence-electron chi connectivity index (χ0n) is 12.6. The van der Waals surface area contributed by atoms with Gasteiger partial charge in [0.15, 0.2) is 0 Å². The lowest BCUT2D eigenvalue weighted by Gasteiger charge is -2.16. The van der Waals surface area contributed by atoms with E-state index in [0.29, 0.717) is 0 Å². The quantitative estimate of drug-likeness (QED) is 0.314. The predicted molar refractivity (Wildman–Crippen MR) is 86.6 cm³/mol. The molecule has 0 aliphatic carbocycles. The summed E-state index contributed by atoms with van der Waals surface area (Å²) in [5, 5.41) is 0. The Balaban J connectivity index is 2.32. The van der Waals surface area contributed by atoms with Crippen LogP contribution in [0.5, 0.6) is 0 Å². The van der Waals surface area contributed by atoms with Gasteiger partial charge in [-0.25, -0.2) is 0 Å². The Labute approximate surface area is 119 Å². The van der Waals surface area contributed by atoms with Crippen LogP contribution in [-0.2, 0) is 0 Å². The Kier molecular flexibility index (Phi) is 9.14. The van der Waals surface area contributed by atoms with Crippen molar-refractivity contribution in [2.45, 2.75) is 70.6 Å². The van der Waals surface area contributed by atoms with Gasteiger partial charge in [-0.1, -0.05) is 81.9 Å². The second-order valence-electron chi connectivity index (χ2n) is 5.53. The standard InChI is InChI=1S/C19H30/c1-3-5-7-8-9-11-15-18(14-6-4-2)19-16-12-10-13-17-19/h4,10,12-13,16-18H,2-3,5-9,11,14-15H2,1H3. The van der Waals surface area contributed by atoms with Gasteiger partial charge in [0.05, 0.1) is 0 Å². The van der Waals surface area contributed by atoms with E-state index in [9.17, 15) is 0 Å². The Morgan fingerprint density at radius 1 is 0.947 bits per heavy atom. The van der Waals surface area contributed by atoms with Crippen molar-refractivity contribution in [2.24, 2.45) is 0 Å². The number of allylic oxidation sites excluding steroid dienone is 1. The van der Waals surface area contributed by atoms with Gasteiger partial charge in [0.1, 0.15) is 0 Å². The zero-order valence-corrected chi connectivity index (χ0v) is 12.6. The van der Waals surface area contributed by atoms with E-state index in [0.717, 1.165) is 12.3 Å². The number of unbranched alkanes of at least 4 members (excludes halogenated alkanes) is 5. The molecule has 1 unspecified atom stereocenters. The van der Waals surface area contributed by atoms with Crippen LogP contribution in [-0.4, -0.2) is 0 Å². The van der Waals surface area contributed by atoms with Gasteiger partial charge in [-0.05, 0) is 30.7 Å². The third-order valence-electron chi connectivity index (χ3n) is 3.90. The summed E-state index contributed by atoms with van der Waals surface area (Å²) in [5.41, 5.74) is 1.51. The molecule has 1 aromatic rings. The number of benzene rings is 1. The van der Waals surface area contributed by atoms with Crippen molar-refractivity contribution in [3.8, 4) is 0 Å². The first-order chi connectivity index (χ1) is 9.38. The third kappa shape index (κ3) is 7.20. The SMILES string of the molecule is C=CCCC(CCCCCCCC)c1ccccc1. The molecule has 0 bridgehead atoms. The molecule has 0 spiro atoms. The van der Waals surface area contributed by atoms with Crippen LogP contribution in [0.15, 0.2) is 43.0 Å². The molecule has 0 nitrogen and oxygen atoms in total. The van der Waals surface area contributed by atoms with Crippen LogP contribution >= 0.6 is 0 Å². The van der Waals surface area contributed by atoms with E-state index in [4.69, 9.17) is 0 Å². The molecule has 106 valence electrons. The van der Waals surface area contributed by atoms with Gasteiger partial charge in [-0.3, -0.25) is 0 Å². The molecule has 19 heavy (non-hydrogen) atoms. The fourth-order valence-electron chi connectivity index (χ4n) is 2.69. The fraction of sp³-hybridized carbons (Fsp3) is 0.579. The number of rotatable bonds is 11. The molecule has 0 heteroatoms. The topological polar surface area (TPSA) is 0 Å². The van der Waals surface area contributed by atoms with Crippen LogP contribution in [0.1, 0.15) is 76.2 Å². The van der Waals surface area contributed by atoms with Crippen molar-refractivity contribution in [3.63, 3.8) is 0 Å². The van der Waals surface area contributed by atoms with Gasteiger partial charge < -0.3 is 0 Å². The van der Waals surface area contributed by atoms with Crippen molar-refractivity contribution in [3.05, 3.63) is 48.6 Å². The van der Waals surface area contributed by atoms with E-state index >= 15 is 0 Å². The summed E-state index contributed by atoms with van der Waals surface area (Å²) in [6.07, 6.45) is 14.1. The molecule has 0 saturated carbocycles. The maximum atomic E-state index is 3.86. The van der Waals surface area contributed by atoms with Crippen LogP contribution < -0.4 is 0 Å². The second-order valence-corrected chi connectivity index (χ2v) is 5.53. The summed E-state index contributed by atoms with van der Waals surface area (Å²) in [7, 11) is 0. The summed E-state index contributed by atoms with van der Waals surface area (Å²) < 4.78 is 0. The average Bonchev–Trinajstić information content (AvgIpc) is 2.46. The summed E-state index contributed by atoms with van der Waals surface area (Å²) in [5.74, 6) is 0.727. The van der Waals surface area contributed by atoms with Crippen LogP contribution in [0, 0.1) is 0 Å². The summed E-state index contributed by atoms with van der Waals surface area (Å²) >= 11 is 0. The van der Waals surface area contributed by atoms with Crippen LogP contribution in [0.4, 0.5) is 0 Å². The molecule has 1 atom stereocenters. The third-order valence-corrected chi connectivity index (χ3v) is 3.90. The van der Waals surface area contributed by atoms with Gasteiger partial charge in [-0.2, -0.15) is 0 Å². The molecule has 1 aromatic carbocycles. The molecule has 0 fully saturated rings. The largest absolute Gasteiger partial charge is 0.103 e. The van der Waals surface area contributed by atoms with E-state index < -0.39 is 0 Å². The molecule has 0 aliphatic rings. The van der Waals surface area contributed by atoms with Crippen molar-refractivity contribution >= 4 is 0 Å². The van der Waals surface area contributed by atoms with E-state index in [1.807, 2.05) is 0 Å². The van der Waals surface area contributed by atoms with Crippen molar-refractivity contribution < 1.29 is 0 Å². The highest BCUT2D eigenvalue weighted by Gasteiger charge is 2.09. The molecule has 0 N–H and O–H groups in total. The lowest BCUT2D eigenvalue weighted by atomic mass is 9.89. The molecule has 0 amide bonds. The van der Waals surface area contributed by atoms with Gasteiger partial charge in [0.25, 0.3) is 0 Å². The lowest BCUT2D eigenvalue weighted by Crippen LogP contribution is -1.99. The monoisotopic (exact) mass is 258 g/mol. The first-order valence-electron chi connectivity index (χ1n) is 8.04. The highest BCUT2D eigenvalue weighted by molar-refractivity contribution is 5.19. The number of hydrogen-bond donors (Lipinski definition) is 0. The molecule has 1 rings (SSSR count). The van der Waals surface area contributed by atoms with Crippen LogP contribution in [0.2, 0.25) is 0 Å². The smallest absolute Gasteiger partial charge is 0.0159 e. The minimum Gasteiger partial charge on any atom is -0.103 e. The lowest BCUT2D eigenvalue weighted by molar-refractivity contribution is 0.519. The number of hydrogen-bond acceptors (Lipinski definition) is 0. The Morgan fingerprint density at radius 2 is 1.63 bits per heavy atom. The summed E-state index contributed by atoms with van der Waals surface area (Å²) in [6.45, 7) is 6.13. The average molecular weight is 258 g/mol. The fourth-order valence-corrected chi connectivity index (χ4v) is 2.69. The predicted octanol–water partition coefficient (Wildman–Crippen LogP) is 6.49. The van der Waals surface area contributed by atoms with E-state index in [1.165, 1.54) is 56.9 Å². The molecular weight excluding hydrogens is 228 g/mol. The van der Waals surface area contributed by atoms with Crippen LogP contribution in [0.25, 0.3) is 0 Å². The van der Waals surface area contributed by atoms with Gasteiger partial charge in [-0.15, -0.1) is 6.58 Å². The van der Waals surface area contributed by atoms with Gasteiger partial charge >= 0.3 is 0 Å². The van der Waals surface area contributed by atoms with Crippen molar-refractivity contribution in [1.82, 2.24) is 0 Å². The van der Waals surface area contributed by atoms with E-state index in [2.05, 4.69) is 49.9 Å². The Morgan fingerprint density at radius 3 is 2.32 bits per heavy atom. The van der Waals surface area contributed by atoms with Gasteiger partial charge in [0.2, 0.25) is 0 Å². The molecule has 0 radical (unpaired) electrons. The van der Waals surface area contributed by atoms with Crippen molar-refractivity contribution in [1.29, 1.82) is 0 Å². The first-order valence-corrected chi connectivity index (χ1v) is 8.04. The Hall–Kier alpha value is -1.04. The molecule has 0 heterocycles. The van der Waals surface area contributed by atoms with E-state index in [-0.39, 0.29) is 0 Å². The molecule has 0 aliphatic heterocycles. The maximum absolute atomic E-state index is 3.86.